The van der Waals surface area contributed by atoms with Crippen LogP contribution in [0, 0.1) is 5.92 Å². The van der Waals surface area contributed by atoms with E-state index in [1.54, 1.807) is 19.0 Å². The van der Waals surface area contributed by atoms with Crippen LogP contribution in [0.2, 0.25) is 0 Å². The number of carbonyl (C=O) groups excluding carboxylic acids is 1. The van der Waals surface area contributed by atoms with Crippen LogP contribution in [0.3, 0.4) is 0 Å². The highest BCUT2D eigenvalue weighted by Crippen LogP contribution is 2.11. The molecule has 4 heteroatoms. The summed E-state index contributed by atoms with van der Waals surface area (Å²) in [5.74, 6) is 0.899. The molecule has 1 rings (SSSR count). The second kappa shape index (κ2) is 7.63. The number of hydrogen-bond donors (Lipinski definition) is 1. The van der Waals surface area contributed by atoms with Gasteiger partial charge in [0.2, 0.25) is 5.91 Å². The van der Waals surface area contributed by atoms with Crippen molar-refractivity contribution in [3.63, 3.8) is 0 Å². The molecule has 0 aliphatic carbocycles. The van der Waals surface area contributed by atoms with E-state index in [4.69, 9.17) is 4.74 Å². The van der Waals surface area contributed by atoms with E-state index < -0.39 is 0 Å². The quantitative estimate of drug-likeness (QED) is 0.686. The maximum Gasteiger partial charge on any atom is 0.222 e. The monoisotopic (exact) mass is 228 g/mol. The lowest BCUT2D eigenvalue weighted by Crippen LogP contribution is -2.30. The number of nitrogens with zero attached hydrogens (tertiary/aromatic N) is 1. The van der Waals surface area contributed by atoms with Crippen molar-refractivity contribution >= 4 is 5.91 Å². The number of ether oxygens (including phenoxy) is 1. The fourth-order valence-electron chi connectivity index (χ4n) is 1.85. The van der Waals surface area contributed by atoms with Gasteiger partial charge in [0.1, 0.15) is 0 Å². The largest absolute Gasteiger partial charge is 0.381 e. The molecule has 1 fully saturated rings. The lowest BCUT2D eigenvalue weighted by atomic mass is 9.99. The Morgan fingerprint density at radius 2 is 2.06 bits per heavy atom. The highest BCUT2D eigenvalue weighted by molar-refractivity contribution is 5.75. The summed E-state index contributed by atoms with van der Waals surface area (Å²) < 4.78 is 5.60. The van der Waals surface area contributed by atoms with Gasteiger partial charge in [-0.05, 0) is 38.3 Å². The molecule has 0 bridgehead atoms. The molecule has 1 aliphatic heterocycles. The Morgan fingerprint density at radius 1 is 1.38 bits per heavy atom. The maximum absolute atomic E-state index is 11.3. The molecule has 0 aromatic heterocycles. The van der Waals surface area contributed by atoms with E-state index in [2.05, 4.69) is 5.32 Å². The minimum atomic E-state index is 0.186. The zero-order valence-corrected chi connectivity index (χ0v) is 10.5. The van der Waals surface area contributed by atoms with Crippen LogP contribution >= 0.6 is 0 Å². The van der Waals surface area contributed by atoms with Gasteiger partial charge >= 0.3 is 0 Å². The molecular formula is C12H24N2O2. The van der Waals surface area contributed by atoms with Crippen molar-refractivity contribution in [3.05, 3.63) is 0 Å². The maximum atomic E-state index is 11.3. The molecule has 0 atom stereocenters. The standard InChI is InChI=1S/C12H24N2O2/c1-14(2)12(15)4-3-9-16-10-11-5-7-13-8-6-11/h11,13H,3-10H2,1-2H3. The molecule has 1 amide bonds. The molecule has 0 aromatic carbocycles. The Hall–Kier alpha value is -0.610. The van der Waals surface area contributed by atoms with Crippen molar-refractivity contribution in [2.45, 2.75) is 25.7 Å². The predicted molar refractivity (Wildman–Crippen MR) is 64.3 cm³/mol. The van der Waals surface area contributed by atoms with Crippen LogP contribution in [0.15, 0.2) is 0 Å². The average molecular weight is 228 g/mol. The molecule has 94 valence electrons. The zero-order chi connectivity index (χ0) is 11.8. The minimum absolute atomic E-state index is 0.186. The first-order valence-corrected chi connectivity index (χ1v) is 6.18. The fourth-order valence-corrected chi connectivity index (χ4v) is 1.85. The number of amides is 1. The molecule has 0 spiro atoms. The van der Waals surface area contributed by atoms with Gasteiger partial charge in [-0.25, -0.2) is 0 Å². The van der Waals surface area contributed by atoms with Crippen LogP contribution in [-0.2, 0) is 9.53 Å². The summed E-state index contributed by atoms with van der Waals surface area (Å²) in [6, 6.07) is 0. The number of rotatable bonds is 6. The first-order valence-electron chi connectivity index (χ1n) is 6.18. The normalized spacial score (nSPS) is 17.4. The third-order valence-corrected chi connectivity index (χ3v) is 2.99. The molecule has 16 heavy (non-hydrogen) atoms. The molecule has 4 nitrogen and oxygen atoms in total. The summed E-state index contributed by atoms with van der Waals surface area (Å²) in [7, 11) is 3.58. The van der Waals surface area contributed by atoms with Crippen LogP contribution in [0.1, 0.15) is 25.7 Å². The molecule has 0 aromatic rings. The number of piperidine rings is 1. The summed E-state index contributed by atoms with van der Waals surface area (Å²) in [6.07, 6.45) is 3.87. The van der Waals surface area contributed by atoms with Crippen LogP contribution in [0.25, 0.3) is 0 Å². The van der Waals surface area contributed by atoms with E-state index in [1.807, 2.05) is 0 Å². The van der Waals surface area contributed by atoms with Gasteiger partial charge in [-0.3, -0.25) is 4.79 Å². The van der Waals surface area contributed by atoms with Crippen LogP contribution in [0.5, 0.6) is 0 Å². The minimum Gasteiger partial charge on any atom is -0.381 e. The number of nitrogens with one attached hydrogen (secondary N) is 1. The van der Waals surface area contributed by atoms with Crippen molar-refractivity contribution in [1.29, 1.82) is 0 Å². The smallest absolute Gasteiger partial charge is 0.222 e. The van der Waals surface area contributed by atoms with Crippen LogP contribution in [0.4, 0.5) is 0 Å². The summed E-state index contributed by atoms with van der Waals surface area (Å²) >= 11 is 0. The van der Waals surface area contributed by atoms with Gasteiger partial charge in [0.25, 0.3) is 0 Å². The van der Waals surface area contributed by atoms with Crippen molar-refractivity contribution in [1.82, 2.24) is 10.2 Å². The van der Waals surface area contributed by atoms with Crippen molar-refractivity contribution < 1.29 is 9.53 Å². The predicted octanol–water partition coefficient (Wildman–Crippen LogP) is 0.871. The van der Waals surface area contributed by atoms with Gasteiger partial charge in [0, 0.05) is 33.7 Å². The molecule has 0 radical (unpaired) electrons. The molecule has 0 unspecified atom stereocenters. The van der Waals surface area contributed by atoms with Crippen molar-refractivity contribution in [2.75, 3.05) is 40.4 Å². The molecule has 0 saturated carbocycles. The van der Waals surface area contributed by atoms with Gasteiger partial charge < -0.3 is 15.0 Å². The molecule has 1 heterocycles. The second-order valence-corrected chi connectivity index (χ2v) is 4.66. The number of carbonyl (C=O) groups is 1. The first-order chi connectivity index (χ1) is 7.70. The van der Waals surface area contributed by atoms with E-state index in [0.29, 0.717) is 18.9 Å². The SMILES string of the molecule is CN(C)C(=O)CCCOCC1CCNCC1. The summed E-state index contributed by atoms with van der Waals surface area (Å²) in [6.45, 7) is 3.81. The third kappa shape index (κ3) is 5.47. The second-order valence-electron chi connectivity index (χ2n) is 4.66. The first kappa shape index (κ1) is 13.5. The van der Waals surface area contributed by atoms with Gasteiger partial charge in [-0.1, -0.05) is 0 Å². The van der Waals surface area contributed by atoms with Gasteiger partial charge in [0.15, 0.2) is 0 Å². The molecular weight excluding hydrogens is 204 g/mol. The topological polar surface area (TPSA) is 41.6 Å². The van der Waals surface area contributed by atoms with Gasteiger partial charge in [0.05, 0.1) is 0 Å². The van der Waals surface area contributed by atoms with Crippen molar-refractivity contribution in [2.24, 2.45) is 5.92 Å². The molecule has 1 saturated heterocycles. The summed E-state index contributed by atoms with van der Waals surface area (Å²) in [5, 5.41) is 3.34. The average Bonchev–Trinajstić information content (AvgIpc) is 2.29. The van der Waals surface area contributed by atoms with E-state index in [9.17, 15) is 4.79 Å². The summed E-state index contributed by atoms with van der Waals surface area (Å²) in [4.78, 5) is 12.9. The van der Waals surface area contributed by atoms with Crippen molar-refractivity contribution in [3.8, 4) is 0 Å². The third-order valence-electron chi connectivity index (χ3n) is 2.99. The Balaban J connectivity index is 1.93. The van der Waals surface area contributed by atoms with Crippen LogP contribution in [-0.4, -0.2) is 51.2 Å². The lowest BCUT2D eigenvalue weighted by molar-refractivity contribution is -0.129. The lowest BCUT2D eigenvalue weighted by Gasteiger charge is -2.22. The Bertz CT molecular complexity index is 201. The number of hydrogen-bond acceptors (Lipinski definition) is 3. The molecule has 1 aliphatic rings. The Kier molecular flexibility index (Phi) is 6.42. The Labute approximate surface area is 98.3 Å². The summed E-state index contributed by atoms with van der Waals surface area (Å²) in [5.41, 5.74) is 0. The van der Waals surface area contributed by atoms with Crippen LogP contribution < -0.4 is 5.32 Å². The van der Waals surface area contributed by atoms with E-state index >= 15 is 0 Å². The molecule has 1 N–H and O–H groups in total. The highest BCUT2D eigenvalue weighted by Gasteiger charge is 2.12. The fraction of sp³-hybridized carbons (Fsp3) is 0.917. The Morgan fingerprint density at radius 3 is 2.69 bits per heavy atom. The van der Waals surface area contributed by atoms with E-state index in [1.165, 1.54) is 12.8 Å². The zero-order valence-electron chi connectivity index (χ0n) is 10.5. The van der Waals surface area contributed by atoms with Gasteiger partial charge in [-0.15, -0.1) is 0 Å². The van der Waals surface area contributed by atoms with E-state index in [0.717, 1.165) is 26.1 Å². The van der Waals surface area contributed by atoms with Gasteiger partial charge in [-0.2, -0.15) is 0 Å². The van der Waals surface area contributed by atoms with E-state index in [-0.39, 0.29) is 5.91 Å². The highest BCUT2D eigenvalue weighted by atomic mass is 16.5.